The average molecular weight is 164 g/mol. The van der Waals surface area contributed by atoms with Gasteiger partial charge < -0.3 is 0 Å². The van der Waals surface area contributed by atoms with Gasteiger partial charge in [-0.2, -0.15) is 5.26 Å². The van der Waals surface area contributed by atoms with Gasteiger partial charge in [0.15, 0.2) is 0 Å². The van der Waals surface area contributed by atoms with Crippen molar-refractivity contribution in [2.75, 3.05) is 13.6 Å². The maximum Gasteiger partial charge on any atom is 0.109 e. The molecule has 2 aliphatic rings. The van der Waals surface area contributed by atoms with Crippen LogP contribution in [0.2, 0.25) is 0 Å². The van der Waals surface area contributed by atoms with E-state index >= 15 is 0 Å². The zero-order chi connectivity index (χ0) is 8.60. The highest BCUT2D eigenvalue weighted by Gasteiger charge is 2.47. The summed E-state index contributed by atoms with van der Waals surface area (Å²) >= 11 is 0. The molecule has 12 heavy (non-hydrogen) atoms. The van der Waals surface area contributed by atoms with Crippen molar-refractivity contribution in [1.82, 2.24) is 4.90 Å². The number of hydrogen-bond acceptors (Lipinski definition) is 2. The Hall–Kier alpha value is -0.550. The van der Waals surface area contributed by atoms with Gasteiger partial charge in [0, 0.05) is 6.54 Å². The van der Waals surface area contributed by atoms with Crippen LogP contribution in [-0.2, 0) is 0 Å². The van der Waals surface area contributed by atoms with E-state index in [1.807, 2.05) is 0 Å². The molecule has 2 aliphatic carbocycles. The molecule has 2 fully saturated rings. The van der Waals surface area contributed by atoms with Gasteiger partial charge in [0.2, 0.25) is 0 Å². The summed E-state index contributed by atoms with van der Waals surface area (Å²) in [5, 5.41) is 8.94. The van der Waals surface area contributed by atoms with E-state index in [0.717, 1.165) is 25.3 Å². The summed E-state index contributed by atoms with van der Waals surface area (Å²) < 4.78 is 0. The van der Waals surface area contributed by atoms with Gasteiger partial charge in [-0.25, -0.2) is 0 Å². The van der Waals surface area contributed by atoms with E-state index in [1.165, 1.54) is 19.3 Å². The van der Waals surface area contributed by atoms with Gasteiger partial charge in [0.05, 0.1) is 6.07 Å². The third kappa shape index (κ3) is 1.23. The molecule has 0 aromatic carbocycles. The monoisotopic (exact) mass is 164 g/mol. The lowest BCUT2D eigenvalue weighted by Gasteiger charge is -2.32. The second-order valence-corrected chi connectivity index (χ2v) is 4.32. The largest absolute Gasteiger partial charge is 0.288 e. The van der Waals surface area contributed by atoms with Gasteiger partial charge in [0.25, 0.3) is 0 Å². The van der Waals surface area contributed by atoms with Crippen molar-refractivity contribution in [1.29, 1.82) is 5.26 Å². The first kappa shape index (κ1) is 8.07. The molecule has 0 bridgehead atoms. The van der Waals surface area contributed by atoms with Crippen LogP contribution in [0.4, 0.5) is 0 Å². The molecule has 0 aliphatic heterocycles. The van der Waals surface area contributed by atoms with Crippen molar-refractivity contribution in [3.8, 4) is 6.07 Å². The molecule has 0 aromatic heterocycles. The Kier molecular flexibility index (Phi) is 1.84. The fourth-order valence-electron chi connectivity index (χ4n) is 1.93. The standard InChI is InChI=1S/C10H16N2/c1-12(7-9-3-2-4-9)10(8-11)5-6-10/h9H,2-7H2,1H3. The molecule has 2 heteroatoms. The smallest absolute Gasteiger partial charge is 0.109 e. The van der Waals surface area contributed by atoms with Crippen molar-refractivity contribution in [3.63, 3.8) is 0 Å². The van der Waals surface area contributed by atoms with Crippen LogP contribution >= 0.6 is 0 Å². The Labute approximate surface area is 74.2 Å². The minimum atomic E-state index is -0.0460. The normalized spacial score (nSPS) is 26.4. The third-order valence-corrected chi connectivity index (χ3v) is 3.42. The fraction of sp³-hybridized carbons (Fsp3) is 0.900. The predicted molar refractivity (Wildman–Crippen MR) is 47.5 cm³/mol. The molecule has 2 rings (SSSR count). The zero-order valence-corrected chi connectivity index (χ0v) is 7.71. The maximum absolute atomic E-state index is 8.94. The zero-order valence-electron chi connectivity index (χ0n) is 7.71. The van der Waals surface area contributed by atoms with Crippen molar-refractivity contribution in [2.24, 2.45) is 5.92 Å². The van der Waals surface area contributed by atoms with E-state index < -0.39 is 0 Å². The van der Waals surface area contributed by atoms with Crippen LogP contribution in [0.15, 0.2) is 0 Å². The Morgan fingerprint density at radius 2 is 2.17 bits per heavy atom. The number of nitrogens with zero attached hydrogens (tertiary/aromatic N) is 2. The first-order valence-corrected chi connectivity index (χ1v) is 4.89. The minimum Gasteiger partial charge on any atom is -0.288 e. The van der Waals surface area contributed by atoms with Crippen LogP contribution in [0.25, 0.3) is 0 Å². The van der Waals surface area contributed by atoms with Crippen LogP contribution in [0.3, 0.4) is 0 Å². The Morgan fingerprint density at radius 3 is 2.50 bits per heavy atom. The lowest BCUT2D eigenvalue weighted by molar-refractivity contribution is 0.174. The molecule has 0 N–H and O–H groups in total. The molecular weight excluding hydrogens is 148 g/mol. The van der Waals surface area contributed by atoms with Crippen LogP contribution in [-0.4, -0.2) is 24.0 Å². The average Bonchev–Trinajstić information content (AvgIpc) is 2.76. The minimum absolute atomic E-state index is 0.0460. The molecule has 66 valence electrons. The highest BCUT2D eigenvalue weighted by atomic mass is 15.2. The maximum atomic E-state index is 8.94. The fourth-order valence-corrected chi connectivity index (χ4v) is 1.93. The summed E-state index contributed by atoms with van der Waals surface area (Å²) in [4.78, 5) is 2.27. The number of nitriles is 1. The summed E-state index contributed by atoms with van der Waals surface area (Å²) in [5.41, 5.74) is -0.0460. The van der Waals surface area contributed by atoms with Crippen molar-refractivity contribution < 1.29 is 0 Å². The van der Waals surface area contributed by atoms with Crippen molar-refractivity contribution in [3.05, 3.63) is 0 Å². The van der Waals surface area contributed by atoms with E-state index in [9.17, 15) is 0 Å². The summed E-state index contributed by atoms with van der Waals surface area (Å²) in [6, 6.07) is 2.43. The molecule has 0 unspecified atom stereocenters. The molecule has 2 nitrogen and oxygen atoms in total. The second kappa shape index (κ2) is 2.74. The summed E-state index contributed by atoms with van der Waals surface area (Å²) in [6.07, 6.45) is 6.34. The van der Waals surface area contributed by atoms with Crippen LogP contribution in [0, 0.1) is 17.2 Å². The van der Waals surface area contributed by atoms with E-state index in [1.54, 1.807) is 0 Å². The highest BCUT2D eigenvalue weighted by Crippen LogP contribution is 2.41. The first-order valence-electron chi connectivity index (χ1n) is 4.89. The molecule has 0 amide bonds. The Morgan fingerprint density at radius 1 is 1.50 bits per heavy atom. The van der Waals surface area contributed by atoms with Gasteiger partial charge in [-0.15, -0.1) is 0 Å². The van der Waals surface area contributed by atoms with Crippen molar-refractivity contribution in [2.45, 2.75) is 37.6 Å². The first-order chi connectivity index (χ1) is 5.77. The number of rotatable bonds is 3. The molecule has 0 radical (unpaired) electrons. The van der Waals surface area contributed by atoms with E-state index in [2.05, 4.69) is 18.0 Å². The summed E-state index contributed by atoms with van der Waals surface area (Å²) in [7, 11) is 2.11. The molecule has 0 saturated heterocycles. The van der Waals surface area contributed by atoms with Crippen LogP contribution < -0.4 is 0 Å². The lowest BCUT2D eigenvalue weighted by atomic mass is 9.85. The molecule has 0 heterocycles. The quantitative estimate of drug-likeness (QED) is 0.635. The van der Waals surface area contributed by atoms with Gasteiger partial charge >= 0.3 is 0 Å². The predicted octanol–water partition coefficient (Wildman–Crippen LogP) is 1.77. The van der Waals surface area contributed by atoms with E-state index in [4.69, 9.17) is 5.26 Å². The van der Waals surface area contributed by atoms with Gasteiger partial charge in [-0.3, -0.25) is 4.90 Å². The topological polar surface area (TPSA) is 27.0 Å². The number of hydrogen-bond donors (Lipinski definition) is 0. The summed E-state index contributed by atoms with van der Waals surface area (Å²) in [6.45, 7) is 1.15. The molecule has 2 saturated carbocycles. The van der Waals surface area contributed by atoms with Gasteiger partial charge in [-0.05, 0) is 38.6 Å². The third-order valence-electron chi connectivity index (χ3n) is 3.42. The Bertz CT molecular complexity index is 208. The highest BCUT2D eigenvalue weighted by molar-refractivity contribution is 5.18. The lowest BCUT2D eigenvalue weighted by Crippen LogP contribution is -2.38. The Balaban J connectivity index is 1.84. The van der Waals surface area contributed by atoms with Gasteiger partial charge in [-0.1, -0.05) is 6.42 Å². The summed E-state index contributed by atoms with van der Waals surface area (Å²) in [5.74, 6) is 0.890. The molecular formula is C10H16N2. The van der Waals surface area contributed by atoms with Crippen LogP contribution in [0.5, 0.6) is 0 Å². The van der Waals surface area contributed by atoms with E-state index in [-0.39, 0.29) is 5.54 Å². The molecule has 0 aromatic rings. The van der Waals surface area contributed by atoms with E-state index in [0.29, 0.717) is 0 Å². The van der Waals surface area contributed by atoms with Gasteiger partial charge in [0.1, 0.15) is 5.54 Å². The molecule has 0 atom stereocenters. The van der Waals surface area contributed by atoms with Crippen molar-refractivity contribution >= 4 is 0 Å². The SMILES string of the molecule is CN(CC1CCC1)C1(C#N)CC1. The second-order valence-electron chi connectivity index (χ2n) is 4.32. The molecule has 0 spiro atoms. The van der Waals surface area contributed by atoms with Crippen LogP contribution in [0.1, 0.15) is 32.1 Å².